The monoisotopic (exact) mass is 246 g/mol. The number of para-hydroxylation sites is 1. The summed E-state index contributed by atoms with van der Waals surface area (Å²) in [4.78, 5) is 22.7. The summed E-state index contributed by atoms with van der Waals surface area (Å²) in [5.41, 5.74) is 2.19. The Morgan fingerprint density at radius 3 is 2.72 bits per heavy atom. The summed E-state index contributed by atoms with van der Waals surface area (Å²) < 4.78 is 1.29. The van der Waals surface area contributed by atoms with Gasteiger partial charge in [0.1, 0.15) is 5.69 Å². The normalized spacial score (nSPS) is 10.6. The van der Waals surface area contributed by atoms with Crippen LogP contribution in [0, 0.1) is 6.92 Å². The van der Waals surface area contributed by atoms with Gasteiger partial charge in [0.05, 0.1) is 5.69 Å². The van der Waals surface area contributed by atoms with E-state index in [1.165, 1.54) is 4.68 Å². The molecule has 18 heavy (non-hydrogen) atoms. The number of carbonyl (C=O) groups is 1. The van der Waals surface area contributed by atoms with Crippen molar-refractivity contribution in [1.82, 2.24) is 9.78 Å². The first-order valence-electron chi connectivity index (χ1n) is 5.68. The highest BCUT2D eigenvalue weighted by Gasteiger charge is 2.14. The third kappa shape index (κ3) is 1.95. The Kier molecular flexibility index (Phi) is 3.06. The molecular formula is C13H14N2O3. The van der Waals surface area contributed by atoms with E-state index in [0.29, 0.717) is 0 Å². The van der Waals surface area contributed by atoms with Crippen LogP contribution in [0.1, 0.15) is 28.5 Å². The lowest BCUT2D eigenvalue weighted by atomic mass is 10.1. The molecule has 1 aromatic heterocycles. The number of carboxylic acids is 1. The minimum Gasteiger partial charge on any atom is -0.477 e. The van der Waals surface area contributed by atoms with Crippen LogP contribution in [0.2, 0.25) is 0 Å². The number of hydrogen-bond acceptors (Lipinski definition) is 2. The van der Waals surface area contributed by atoms with Gasteiger partial charge >= 0.3 is 5.97 Å². The Morgan fingerprint density at radius 2 is 2.17 bits per heavy atom. The second kappa shape index (κ2) is 4.52. The molecule has 0 amide bonds. The van der Waals surface area contributed by atoms with Crippen LogP contribution in [0.4, 0.5) is 0 Å². The van der Waals surface area contributed by atoms with Crippen molar-refractivity contribution in [1.29, 1.82) is 0 Å². The van der Waals surface area contributed by atoms with Crippen LogP contribution in [0.25, 0.3) is 5.69 Å². The maximum atomic E-state index is 11.8. The SMILES string of the molecule is CCc1cccc(C)c1-n1[nH]c(C(=O)O)cc1=O. The molecule has 1 aromatic carbocycles. The fourth-order valence-electron chi connectivity index (χ4n) is 2.00. The highest BCUT2D eigenvalue weighted by Crippen LogP contribution is 2.18. The lowest BCUT2D eigenvalue weighted by Crippen LogP contribution is -2.16. The summed E-state index contributed by atoms with van der Waals surface area (Å²) >= 11 is 0. The molecule has 2 aromatic rings. The van der Waals surface area contributed by atoms with Gasteiger partial charge in [0, 0.05) is 6.07 Å². The zero-order chi connectivity index (χ0) is 13.3. The highest BCUT2D eigenvalue weighted by molar-refractivity contribution is 5.85. The highest BCUT2D eigenvalue weighted by atomic mass is 16.4. The lowest BCUT2D eigenvalue weighted by Gasteiger charge is -2.11. The zero-order valence-electron chi connectivity index (χ0n) is 10.2. The van der Waals surface area contributed by atoms with Crippen molar-refractivity contribution in [3.05, 3.63) is 51.4 Å². The molecule has 0 aliphatic carbocycles. The number of hydrogen-bond donors (Lipinski definition) is 2. The van der Waals surface area contributed by atoms with E-state index < -0.39 is 5.97 Å². The van der Waals surface area contributed by atoms with Gasteiger partial charge in [-0.15, -0.1) is 0 Å². The first-order chi connectivity index (χ1) is 8.54. The molecule has 0 aliphatic heterocycles. The number of rotatable bonds is 3. The molecule has 94 valence electrons. The number of benzene rings is 1. The summed E-state index contributed by atoms with van der Waals surface area (Å²) in [6.45, 7) is 3.88. The van der Waals surface area contributed by atoms with Crippen LogP contribution < -0.4 is 5.56 Å². The second-order valence-electron chi connectivity index (χ2n) is 4.08. The molecule has 0 radical (unpaired) electrons. The third-order valence-electron chi connectivity index (χ3n) is 2.88. The minimum absolute atomic E-state index is 0.106. The summed E-state index contributed by atoms with van der Waals surface area (Å²) in [6, 6.07) is 6.83. The van der Waals surface area contributed by atoms with Crippen molar-refractivity contribution in [2.45, 2.75) is 20.3 Å². The van der Waals surface area contributed by atoms with Crippen molar-refractivity contribution in [3.8, 4) is 5.69 Å². The molecule has 5 heteroatoms. The smallest absolute Gasteiger partial charge is 0.353 e. The van der Waals surface area contributed by atoms with E-state index >= 15 is 0 Å². The van der Waals surface area contributed by atoms with Crippen LogP contribution in [-0.2, 0) is 6.42 Å². The summed E-state index contributed by atoms with van der Waals surface area (Å²) in [5, 5.41) is 11.5. The molecule has 0 spiro atoms. The van der Waals surface area contributed by atoms with Crippen molar-refractivity contribution in [3.63, 3.8) is 0 Å². The number of aryl methyl sites for hydroxylation is 2. The predicted molar refractivity (Wildman–Crippen MR) is 67.5 cm³/mol. The predicted octanol–water partition coefficient (Wildman–Crippen LogP) is 1.73. The largest absolute Gasteiger partial charge is 0.477 e. The van der Waals surface area contributed by atoms with Gasteiger partial charge in [-0.3, -0.25) is 9.89 Å². The Hall–Kier alpha value is -2.30. The molecule has 0 bridgehead atoms. The number of carboxylic acid groups (broad SMARTS) is 1. The van der Waals surface area contributed by atoms with Gasteiger partial charge in [0.2, 0.25) is 0 Å². The molecule has 2 rings (SSSR count). The van der Waals surface area contributed by atoms with Crippen LogP contribution >= 0.6 is 0 Å². The van der Waals surface area contributed by atoms with E-state index in [-0.39, 0.29) is 11.3 Å². The zero-order valence-corrected chi connectivity index (χ0v) is 10.2. The fraction of sp³-hybridized carbons (Fsp3) is 0.231. The van der Waals surface area contributed by atoms with Gasteiger partial charge < -0.3 is 5.11 Å². The third-order valence-corrected chi connectivity index (χ3v) is 2.88. The molecule has 0 atom stereocenters. The number of H-pyrrole nitrogens is 1. The standard InChI is InChI=1S/C13H14N2O3/c1-3-9-6-4-5-8(2)12(9)15-11(16)7-10(14-15)13(17)18/h4-7,14H,3H2,1-2H3,(H,17,18). The quantitative estimate of drug-likeness (QED) is 0.866. The lowest BCUT2D eigenvalue weighted by molar-refractivity contribution is 0.0690. The van der Waals surface area contributed by atoms with Gasteiger partial charge in [-0.1, -0.05) is 25.1 Å². The van der Waals surface area contributed by atoms with Gasteiger partial charge in [-0.2, -0.15) is 0 Å². The molecule has 0 saturated heterocycles. The molecule has 1 heterocycles. The Bertz CT molecular complexity index is 652. The Morgan fingerprint density at radius 1 is 1.44 bits per heavy atom. The van der Waals surface area contributed by atoms with Crippen LogP contribution in [0.5, 0.6) is 0 Å². The van der Waals surface area contributed by atoms with Crippen molar-refractivity contribution >= 4 is 5.97 Å². The molecule has 0 aliphatic rings. The van der Waals surface area contributed by atoms with Crippen LogP contribution in [-0.4, -0.2) is 20.9 Å². The van der Waals surface area contributed by atoms with Crippen molar-refractivity contribution in [2.24, 2.45) is 0 Å². The molecule has 5 nitrogen and oxygen atoms in total. The average molecular weight is 246 g/mol. The van der Waals surface area contributed by atoms with Gasteiger partial charge in [-0.25, -0.2) is 9.48 Å². The fourth-order valence-corrected chi connectivity index (χ4v) is 2.00. The van der Waals surface area contributed by atoms with E-state index in [2.05, 4.69) is 5.10 Å². The number of nitrogens with zero attached hydrogens (tertiary/aromatic N) is 1. The summed E-state index contributed by atoms with van der Waals surface area (Å²) in [5.74, 6) is -1.14. The second-order valence-corrected chi connectivity index (χ2v) is 4.08. The summed E-state index contributed by atoms with van der Waals surface area (Å²) in [6.07, 6.45) is 0.769. The first kappa shape index (κ1) is 12.2. The van der Waals surface area contributed by atoms with E-state index in [9.17, 15) is 9.59 Å². The van der Waals surface area contributed by atoms with Gasteiger partial charge in [-0.05, 0) is 24.5 Å². The van der Waals surface area contributed by atoms with E-state index in [1.54, 1.807) is 0 Å². The maximum Gasteiger partial charge on any atom is 0.353 e. The van der Waals surface area contributed by atoms with Crippen LogP contribution in [0.3, 0.4) is 0 Å². The Labute approximate surface area is 104 Å². The number of aromatic amines is 1. The molecule has 2 N–H and O–H groups in total. The molecule has 0 fully saturated rings. The first-order valence-corrected chi connectivity index (χ1v) is 5.68. The van der Waals surface area contributed by atoms with E-state index in [0.717, 1.165) is 29.3 Å². The van der Waals surface area contributed by atoms with Crippen molar-refractivity contribution in [2.75, 3.05) is 0 Å². The van der Waals surface area contributed by atoms with Crippen molar-refractivity contribution < 1.29 is 9.90 Å². The van der Waals surface area contributed by atoms with Gasteiger partial charge in [0.25, 0.3) is 5.56 Å². The number of aromatic carboxylic acids is 1. The molecular weight excluding hydrogens is 232 g/mol. The maximum absolute atomic E-state index is 11.8. The number of aromatic nitrogens is 2. The van der Waals surface area contributed by atoms with E-state index in [4.69, 9.17) is 5.11 Å². The minimum atomic E-state index is -1.14. The van der Waals surface area contributed by atoms with E-state index in [1.807, 2.05) is 32.0 Å². The summed E-state index contributed by atoms with van der Waals surface area (Å²) in [7, 11) is 0. The molecule has 0 unspecified atom stereocenters. The number of nitrogens with one attached hydrogen (secondary N) is 1. The topological polar surface area (TPSA) is 75.1 Å². The van der Waals surface area contributed by atoms with Crippen LogP contribution in [0.15, 0.2) is 29.1 Å². The Balaban J connectivity index is 2.69. The van der Waals surface area contributed by atoms with Gasteiger partial charge in [0.15, 0.2) is 0 Å². The average Bonchev–Trinajstić information content (AvgIpc) is 2.71. The molecule has 0 saturated carbocycles.